The molecule has 0 rings (SSSR count). The molecule has 0 amide bonds. The Hall–Kier alpha value is 0.310. The molecule has 56 valence electrons. The van der Waals surface area contributed by atoms with E-state index in [4.69, 9.17) is 0 Å². The number of hydrogen-bond donors (Lipinski definition) is 1. The van der Waals surface area contributed by atoms with Gasteiger partial charge < -0.3 is 4.90 Å². The van der Waals surface area contributed by atoms with E-state index in [2.05, 4.69) is 38.5 Å². The molecule has 0 aliphatic heterocycles. The van der Waals surface area contributed by atoms with Crippen LogP contribution in [0, 0.1) is 0 Å². The van der Waals surface area contributed by atoms with Gasteiger partial charge in [0.1, 0.15) is 0 Å². The van der Waals surface area contributed by atoms with Gasteiger partial charge in [-0.1, -0.05) is 13.3 Å². The minimum absolute atomic E-state index is 0.665. The normalized spacial score (nSPS) is 14.3. The average molecular weight is 147 g/mol. The van der Waals surface area contributed by atoms with Crippen molar-refractivity contribution in [2.24, 2.45) is 0 Å². The summed E-state index contributed by atoms with van der Waals surface area (Å²) in [5, 5.41) is 0. The van der Waals surface area contributed by atoms with Crippen molar-refractivity contribution in [1.29, 1.82) is 0 Å². The van der Waals surface area contributed by atoms with E-state index in [0.717, 1.165) is 5.75 Å². The maximum atomic E-state index is 4.25. The molecule has 0 aromatic rings. The highest BCUT2D eigenvalue weighted by atomic mass is 32.1. The second kappa shape index (κ2) is 5.12. The molecule has 0 fully saturated rings. The molecule has 0 aromatic heterocycles. The summed E-state index contributed by atoms with van der Waals surface area (Å²) in [7, 11) is 4.22. The largest absolute Gasteiger partial charge is 0.306 e. The third-order valence-electron chi connectivity index (χ3n) is 1.56. The van der Waals surface area contributed by atoms with E-state index in [1.165, 1.54) is 12.8 Å². The monoisotopic (exact) mass is 147 g/mol. The zero-order valence-electron chi connectivity index (χ0n) is 6.59. The Bertz CT molecular complexity index is 63.9. The molecular formula is C7H17NS. The molecule has 2 heteroatoms. The molecule has 0 spiro atoms. The molecule has 0 N–H and O–H groups in total. The van der Waals surface area contributed by atoms with Crippen molar-refractivity contribution in [3.05, 3.63) is 0 Å². The predicted octanol–water partition coefficient (Wildman–Crippen LogP) is 1.65. The first kappa shape index (κ1) is 9.31. The smallest absolute Gasteiger partial charge is 0.0177 e. The van der Waals surface area contributed by atoms with Crippen LogP contribution in [-0.4, -0.2) is 30.8 Å². The Morgan fingerprint density at radius 3 is 2.11 bits per heavy atom. The van der Waals surface area contributed by atoms with Gasteiger partial charge in [-0.25, -0.2) is 0 Å². The van der Waals surface area contributed by atoms with Crippen molar-refractivity contribution >= 4 is 12.6 Å². The van der Waals surface area contributed by atoms with Crippen molar-refractivity contribution in [3.8, 4) is 0 Å². The highest BCUT2D eigenvalue weighted by molar-refractivity contribution is 7.80. The highest BCUT2D eigenvalue weighted by Gasteiger charge is 2.05. The van der Waals surface area contributed by atoms with Gasteiger partial charge >= 0.3 is 0 Å². The summed E-state index contributed by atoms with van der Waals surface area (Å²) < 4.78 is 0. The zero-order chi connectivity index (χ0) is 7.28. The third-order valence-corrected chi connectivity index (χ3v) is 1.98. The minimum atomic E-state index is 0.665. The number of hydrogen-bond acceptors (Lipinski definition) is 2. The lowest BCUT2D eigenvalue weighted by atomic mass is 10.2. The van der Waals surface area contributed by atoms with Crippen LogP contribution in [0.3, 0.4) is 0 Å². The van der Waals surface area contributed by atoms with Crippen molar-refractivity contribution in [3.63, 3.8) is 0 Å². The van der Waals surface area contributed by atoms with Crippen LogP contribution in [0.2, 0.25) is 0 Å². The van der Waals surface area contributed by atoms with E-state index in [-0.39, 0.29) is 0 Å². The van der Waals surface area contributed by atoms with Gasteiger partial charge in [0.2, 0.25) is 0 Å². The lowest BCUT2D eigenvalue weighted by Gasteiger charge is -2.21. The lowest BCUT2D eigenvalue weighted by Crippen LogP contribution is -2.29. The summed E-state index contributed by atoms with van der Waals surface area (Å²) in [6.45, 7) is 2.21. The Morgan fingerprint density at radius 2 is 2.00 bits per heavy atom. The van der Waals surface area contributed by atoms with Crippen molar-refractivity contribution in [2.45, 2.75) is 25.8 Å². The molecule has 0 saturated heterocycles. The molecule has 0 aliphatic rings. The van der Waals surface area contributed by atoms with Crippen molar-refractivity contribution in [1.82, 2.24) is 4.90 Å². The van der Waals surface area contributed by atoms with Crippen LogP contribution in [0.25, 0.3) is 0 Å². The summed E-state index contributed by atoms with van der Waals surface area (Å²) in [6, 6.07) is 0.665. The molecule has 9 heavy (non-hydrogen) atoms. The fourth-order valence-electron chi connectivity index (χ4n) is 0.846. The van der Waals surface area contributed by atoms with Gasteiger partial charge in [-0.3, -0.25) is 0 Å². The minimum Gasteiger partial charge on any atom is -0.306 e. The Labute approximate surface area is 63.8 Å². The van der Waals surface area contributed by atoms with Crippen LogP contribution in [0.15, 0.2) is 0 Å². The van der Waals surface area contributed by atoms with Gasteiger partial charge in [0.25, 0.3) is 0 Å². The Morgan fingerprint density at radius 1 is 1.44 bits per heavy atom. The maximum Gasteiger partial charge on any atom is 0.0177 e. The molecule has 0 saturated carbocycles. The summed E-state index contributed by atoms with van der Waals surface area (Å²) in [5.74, 6) is 0.973. The van der Waals surface area contributed by atoms with E-state index in [9.17, 15) is 0 Å². The summed E-state index contributed by atoms with van der Waals surface area (Å²) in [4.78, 5) is 2.23. The van der Waals surface area contributed by atoms with E-state index >= 15 is 0 Å². The van der Waals surface area contributed by atoms with Crippen LogP contribution in [0.4, 0.5) is 0 Å². The van der Waals surface area contributed by atoms with Gasteiger partial charge in [0.15, 0.2) is 0 Å². The second-order valence-electron chi connectivity index (χ2n) is 2.59. The molecule has 0 radical (unpaired) electrons. The zero-order valence-corrected chi connectivity index (χ0v) is 7.49. The molecule has 0 heterocycles. The number of thiol groups is 1. The SMILES string of the molecule is CCCC(CS)N(C)C. The number of nitrogens with zero attached hydrogens (tertiary/aromatic N) is 1. The summed E-state index contributed by atoms with van der Waals surface area (Å²) in [6.07, 6.45) is 2.51. The molecule has 0 bridgehead atoms. The van der Waals surface area contributed by atoms with Crippen molar-refractivity contribution in [2.75, 3.05) is 19.8 Å². The third kappa shape index (κ3) is 3.82. The molecule has 0 aliphatic carbocycles. The first-order valence-corrected chi connectivity index (χ1v) is 4.12. The Balaban J connectivity index is 3.41. The van der Waals surface area contributed by atoms with Gasteiger partial charge in [-0.2, -0.15) is 12.6 Å². The van der Waals surface area contributed by atoms with Gasteiger partial charge in [-0.15, -0.1) is 0 Å². The first-order chi connectivity index (χ1) is 4.22. The topological polar surface area (TPSA) is 3.24 Å². The lowest BCUT2D eigenvalue weighted by molar-refractivity contribution is 0.302. The maximum absolute atomic E-state index is 4.25. The fraction of sp³-hybridized carbons (Fsp3) is 1.00. The summed E-state index contributed by atoms with van der Waals surface area (Å²) >= 11 is 4.25. The van der Waals surface area contributed by atoms with Crippen LogP contribution in [0.5, 0.6) is 0 Å². The predicted molar refractivity (Wildman–Crippen MR) is 46.2 cm³/mol. The van der Waals surface area contributed by atoms with Crippen LogP contribution >= 0.6 is 12.6 Å². The van der Waals surface area contributed by atoms with E-state index in [1.54, 1.807) is 0 Å². The van der Waals surface area contributed by atoms with Crippen molar-refractivity contribution < 1.29 is 0 Å². The fourth-order valence-corrected chi connectivity index (χ4v) is 1.36. The van der Waals surface area contributed by atoms with E-state index < -0.39 is 0 Å². The standard InChI is InChI=1S/C7H17NS/c1-4-5-7(6-9)8(2)3/h7,9H,4-6H2,1-3H3. The first-order valence-electron chi connectivity index (χ1n) is 3.49. The quantitative estimate of drug-likeness (QED) is 0.592. The van der Waals surface area contributed by atoms with Crippen LogP contribution < -0.4 is 0 Å². The van der Waals surface area contributed by atoms with Crippen LogP contribution in [0.1, 0.15) is 19.8 Å². The van der Waals surface area contributed by atoms with Gasteiger partial charge in [-0.05, 0) is 20.5 Å². The molecule has 1 unspecified atom stereocenters. The average Bonchev–Trinajstić information content (AvgIpc) is 1.82. The molecule has 0 aromatic carbocycles. The molecule has 1 nitrogen and oxygen atoms in total. The molecular weight excluding hydrogens is 130 g/mol. The highest BCUT2D eigenvalue weighted by Crippen LogP contribution is 2.03. The van der Waals surface area contributed by atoms with Gasteiger partial charge in [0.05, 0.1) is 0 Å². The molecule has 1 atom stereocenters. The second-order valence-corrected chi connectivity index (χ2v) is 2.95. The van der Waals surface area contributed by atoms with E-state index in [1.807, 2.05) is 0 Å². The van der Waals surface area contributed by atoms with Gasteiger partial charge in [0, 0.05) is 11.8 Å². The Kier molecular flexibility index (Phi) is 5.30. The number of rotatable bonds is 4. The summed E-state index contributed by atoms with van der Waals surface area (Å²) in [5.41, 5.74) is 0. The van der Waals surface area contributed by atoms with Crippen LogP contribution in [-0.2, 0) is 0 Å². The van der Waals surface area contributed by atoms with E-state index in [0.29, 0.717) is 6.04 Å².